The van der Waals surface area contributed by atoms with E-state index in [1.54, 1.807) is 16.2 Å². The molecule has 3 saturated heterocycles. The molecule has 3 aliphatic rings. The minimum absolute atomic E-state index is 0.508. The van der Waals surface area contributed by atoms with Gasteiger partial charge in [-0.2, -0.15) is 11.3 Å². The Labute approximate surface area is 88.2 Å². The molecule has 3 fully saturated rings. The number of hydrogen-bond donors (Lipinski definition) is 2. The molecule has 1 unspecified atom stereocenters. The molecule has 3 aliphatic heterocycles. The highest BCUT2D eigenvalue weighted by molar-refractivity contribution is 7.08. The second kappa shape index (κ2) is 3.05. The maximum Gasteiger partial charge on any atom is 0.142 e. The first-order valence-electron chi connectivity index (χ1n) is 5.38. The first kappa shape index (κ1) is 8.89. The van der Waals surface area contributed by atoms with Gasteiger partial charge in [-0.3, -0.25) is 0 Å². The summed E-state index contributed by atoms with van der Waals surface area (Å²) in [6.45, 7) is 3.45. The number of hydrogen-bond acceptors (Lipinski definition) is 2. The molecular weight excluding hydrogens is 194 g/mol. The molecule has 1 aromatic heterocycles. The van der Waals surface area contributed by atoms with Crippen LogP contribution in [-0.2, 0) is 5.60 Å². The predicted octanol–water partition coefficient (Wildman–Crippen LogP) is 0.244. The van der Waals surface area contributed by atoms with E-state index in [1.807, 2.05) is 0 Å². The van der Waals surface area contributed by atoms with Gasteiger partial charge in [-0.15, -0.1) is 0 Å². The quantitative estimate of drug-likeness (QED) is 0.682. The van der Waals surface area contributed by atoms with Crippen LogP contribution in [0.5, 0.6) is 0 Å². The van der Waals surface area contributed by atoms with Crippen molar-refractivity contribution in [3.8, 4) is 0 Å². The van der Waals surface area contributed by atoms with E-state index in [9.17, 15) is 5.11 Å². The van der Waals surface area contributed by atoms with Crippen molar-refractivity contribution in [1.82, 2.24) is 0 Å². The minimum atomic E-state index is -0.508. The fraction of sp³-hybridized carbons (Fsp3) is 0.636. The number of piperidine rings is 3. The van der Waals surface area contributed by atoms with Gasteiger partial charge in [0.15, 0.2) is 0 Å². The van der Waals surface area contributed by atoms with Gasteiger partial charge in [-0.05, 0) is 16.8 Å². The number of thiophene rings is 1. The molecule has 2 nitrogen and oxygen atoms in total. The summed E-state index contributed by atoms with van der Waals surface area (Å²) in [5.41, 5.74) is 0.649. The van der Waals surface area contributed by atoms with Crippen molar-refractivity contribution in [3.63, 3.8) is 0 Å². The summed E-state index contributed by atoms with van der Waals surface area (Å²) < 4.78 is 0. The second-order valence-electron chi connectivity index (χ2n) is 4.64. The van der Waals surface area contributed by atoms with Crippen LogP contribution in [0.2, 0.25) is 0 Å². The summed E-state index contributed by atoms with van der Waals surface area (Å²) >= 11 is 1.69. The van der Waals surface area contributed by atoms with Crippen molar-refractivity contribution in [2.24, 2.45) is 5.92 Å². The van der Waals surface area contributed by atoms with E-state index in [1.165, 1.54) is 25.9 Å². The molecule has 14 heavy (non-hydrogen) atoms. The molecule has 2 bridgehead atoms. The van der Waals surface area contributed by atoms with Crippen LogP contribution in [0, 0.1) is 5.92 Å². The van der Waals surface area contributed by atoms with Crippen LogP contribution in [0.1, 0.15) is 18.4 Å². The molecule has 4 heterocycles. The number of fused-ring (bicyclic) bond motifs is 3. The summed E-state index contributed by atoms with van der Waals surface area (Å²) in [7, 11) is 0. The SMILES string of the molecule is OC1(c2ccsc2)C[NH+]2CCC1CC2. The van der Waals surface area contributed by atoms with Gasteiger partial charge in [0.25, 0.3) is 0 Å². The molecule has 0 spiro atoms. The zero-order chi connectivity index (χ0) is 9.60. The van der Waals surface area contributed by atoms with E-state index >= 15 is 0 Å². The smallest absolute Gasteiger partial charge is 0.142 e. The first-order chi connectivity index (χ1) is 6.79. The third kappa shape index (κ3) is 1.16. The number of aliphatic hydroxyl groups is 1. The summed E-state index contributed by atoms with van der Waals surface area (Å²) in [4.78, 5) is 1.58. The van der Waals surface area contributed by atoms with Gasteiger partial charge in [0, 0.05) is 24.3 Å². The highest BCUT2D eigenvalue weighted by Crippen LogP contribution is 2.37. The molecular formula is C11H16NOS+. The average molecular weight is 210 g/mol. The van der Waals surface area contributed by atoms with Crippen molar-refractivity contribution in [1.29, 1.82) is 0 Å². The van der Waals surface area contributed by atoms with Crippen LogP contribution in [0.4, 0.5) is 0 Å². The van der Waals surface area contributed by atoms with E-state index in [2.05, 4.69) is 16.8 Å². The summed E-state index contributed by atoms with van der Waals surface area (Å²) in [6, 6.07) is 2.09. The Bertz CT molecular complexity index is 316. The maximum absolute atomic E-state index is 10.7. The normalized spacial score (nSPS) is 41.5. The largest absolute Gasteiger partial charge is 0.379 e. The monoisotopic (exact) mass is 210 g/mol. The van der Waals surface area contributed by atoms with Gasteiger partial charge in [0.1, 0.15) is 12.1 Å². The highest BCUT2D eigenvalue weighted by atomic mass is 32.1. The van der Waals surface area contributed by atoms with E-state index in [-0.39, 0.29) is 0 Å². The predicted molar refractivity (Wildman–Crippen MR) is 56.5 cm³/mol. The van der Waals surface area contributed by atoms with Crippen molar-refractivity contribution < 1.29 is 10.0 Å². The topological polar surface area (TPSA) is 24.7 Å². The van der Waals surface area contributed by atoms with Gasteiger partial charge >= 0.3 is 0 Å². The Kier molecular flexibility index (Phi) is 1.94. The molecule has 0 saturated carbocycles. The molecule has 2 N–H and O–H groups in total. The van der Waals surface area contributed by atoms with E-state index in [0.717, 1.165) is 12.1 Å². The fourth-order valence-electron chi connectivity index (χ4n) is 3.05. The van der Waals surface area contributed by atoms with E-state index < -0.39 is 5.60 Å². The Morgan fingerprint density at radius 1 is 1.43 bits per heavy atom. The lowest BCUT2D eigenvalue weighted by molar-refractivity contribution is -0.927. The molecule has 0 amide bonds. The molecule has 4 rings (SSSR count). The van der Waals surface area contributed by atoms with Gasteiger partial charge in [-0.25, -0.2) is 0 Å². The Hall–Kier alpha value is -0.380. The fourth-order valence-corrected chi connectivity index (χ4v) is 3.79. The van der Waals surface area contributed by atoms with E-state index in [0.29, 0.717) is 5.92 Å². The van der Waals surface area contributed by atoms with Crippen LogP contribution in [0.25, 0.3) is 0 Å². The lowest BCUT2D eigenvalue weighted by Gasteiger charge is -2.47. The summed E-state index contributed by atoms with van der Waals surface area (Å²) in [5.74, 6) is 0.509. The zero-order valence-corrected chi connectivity index (χ0v) is 9.02. The number of rotatable bonds is 1. The lowest BCUT2D eigenvalue weighted by atomic mass is 9.72. The van der Waals surface area contributed by atoms with Crippen LogP contribution in [0.3, 0.4) is 0 Å². The standard InChI is InChI=1S/C11H15NOS/c13-11(10-3-6-14-7-10)8-12-4-1-9(11)2-5-12/h3,6-7,9,13H,1-2,4-5,8H2/p+1. The van der Waals surface area contributed by atoms with E-state index in [4.69, 9.17) is 0 Å². The molecule has 0 radical (unpaired) electrons. The van der Waals surface area contributed by atoms with Crippen LogP contribution in [-0.4, -0.2) is 24.7 Å². The van der Waals surface area contributed by atoms with Crippen LogP contribution < -0.4 is 4.90 Å². The Balaban J connectivity index is 1.96. The second-order valence-corrected chi connectivity index (χ2v) is 5.42. The zero-order valence-electron chi connectivity index (χ0n) is 8.20. The van der Waals surface area contributed by atoms with Gasteiger partial charge < -0.3 is 10.0 Å². The number of nitrogens with one attached hydrogen (secondary N) is 1. The molecule has 0 aliphatic carbocycles. The molecule has 0 aromatic carbocycles. The number of quaternary nitrogens is 1. The van der Waals surface area contributed by atoms with Crippen molar-refractivity contribution in [3.05, 3.63) is 22.4 Å². The van der Waals surface area contributed by atoms with Crippen LogP contribution >= 0.6 is 11.3 Å². The van der Waals surface area contributed by atoms with Crippen molar-refractivity contribution in [2.75, 3.05) is 19.6 Å². The first-order valence-corrected chi connectivity index (χ1v) is 6.32. The maximum atomic E-state index is 10.7. The average Bonchev–Trinajstić information content (AvgIpc) is 2.72. The summed E-state index contributed by atoms with van der Waals surface area (Å²) in [5, 5.41) is 14.9. The Morgan fingerprint density at radius 2 is 2.21 bits per heavy atom. The van der Waals surface area contributed by atoms with Gasteiger partial charge in [0.05, 0.1) is 13.1 Å². The third-order valence-corrected chi connectivity index (χ3v) is 4.59. The molecule has 1 aromatic rings. The molecule has 1 atom stereocenters. The molecule has 3 heteroatoms. The Morgan fingerprint density at radius 3 is 2.71 bits per heavy atom. The highest BCUT2D eigenvalue weighted by Gasteiger charge is 2.49. The minimum Gasteiger partial charge on any atom is -0.379 e. The molecule has 76 valence electrons. The van der Waals surface area contributed by atoms with Gasteiger partial charge in [0.2, 0.25) is 0 Å². The third-order valence-electron chi connectivity index (χ3n) is 3.91. The van der Waals surface area contributed by atoms with Crippen molar-refractivity contribution >= 4 is 11.3 Å². The lowest BCUT2D eigenvalue weighted by Crippen LogP contribution is -3.17. The summed E-state index contributed by atoms with van der Waals surface area (Å²) in [6.07, 6.45) is 2.39. The van der Waals surface area contributed by atoms with Crippen molar-refractivity contribution in [2.45, 2.75) is 18.4 Å². The van der Waals surface area contributed by atoms with Gasteiger partial charge in [-0.1, -0.05) is 0 Å². The van der Waals surface area contributed by atoms with Crippen LogP contribution in [0.15, 0.2) is 16.8 Å².